The topological polar surface area (TPSA) is 93.1 Å². The van der Waals surface area contributed by atoms with Gasteiger partial charge in [-0.2, -0.15) is 5.10 Å². The maximum atomic E-state index is 14.4. The summed E-state index contributed by atoms with van der Waals surface area (Å²) in [5.74, 6) is 6.35. The summed E-state index contributed by atoms with van der Waals surface area (Å²) in [6.45, 7) is 0. The van der Waals surface area contributed by atoms with Crippen LogP contribution >= 0.6 is 0 Å². The van der Waals surface area contributed by atoms with Crippen molar-refractivity contribution in [1.29, 1.82) is 0 Å². The lowest BCUT2D eigenvalue weighted by Crippen LogP contribution is -2.61. The zero-order valence-corrected chi connectivity index (χ0v) is 29.7. The molecule has 1 amide bonds. The van der Waals surface area contributed by atoms with Gasteiger partial charge < -0.3 is 10.2 Å². The number of hydrogen-bond donors (Lipinski definition) is 4. The molecular formula is C40H65N7O. The van der Waals surface area contributed by atoms with E-state index >= 15 is 0 Å². The molecule has 9 aliphatic rings. The van der Waals surface area contributed by atoms with Gasteiger partial charge in [-0.3, -0.25) is 15.1 Å². The predicted molar refractivity (Wildman–Crippen MR) is 192 cm³/mol. The zero-order valence-electron chi connectivity index (χ0n) is 29.7. The van der Waals surface area contributed by atoms with Crippen molar-refractivity contribution in [2.75, 3.05) is 0 Å². The van der Waals surface area contributed by atoms with E-state index in [-0.39, 0.29) is 12.1 Å². The third-order valence-corrected chi connectivity index (χ3v) is 15.5. The van der Waals surface area contributed by atoms with E-state index in [4.69, 9.17) is 10.1 Å². The summed E-state index contributed by atoms with van der Waals surface area (Å²) < 4.78 is 0. The van der Waals surface area contributed by atoms with Gasteiger partial charge in [-0.15, -0.1) is 0 Å². The minimum atomic E-state index is 0.223. The molecule has 266 valence electrons. The molecule has 0 aromatic heterocycles. The Morgan fingerprint density at radius 2 is 1.38 bits per heavy atom. The van der Waals surface area contributed by atoms with Crippen molar-refractivity contribution in [3.05, 3.63) is 0 Å². The molecule has 6 saturated carbocycles. The van der Waals surface area contributed by atoms with Crippen LogP contribution in [0.25, 0.3) is 0 Å². The molecule has 0 radical (unpaired) electrons. The number of nitrogens with one attached hydrogen (secondary N) is 4. The van der Waals surface area contributed by atoms with Crippen molar-refractivity contribution in [3.8, 4) is 0 Å². The summed E-state index contributed by atoms with van der Waals surface area (Å²) in [7, 11) is 0. The molecule has 0 aromatic carbocycles. The molecule has 10 atom stereocenters. The summed E-state index contributed by atoms with van der Waals surface area (Å²) in [4.78, 5) is 22.6. The minimum Gasteiger partial charge on any atom is -0.358 e. The van der Waals surface area contributed by atoms with Gasteiger partial charge in [-0.05, 0) is 119 Å². The first kappa shape index (κ1) is 32.3. The Hall–Kier alpha value is -1.67. The van der Waals surface area contributed by atoms with E-state index in [1.807, 2.05) is 0 Å². The number of fused-ring (bicyclic) bond motifs is 5. The van der Waals surface area contributed by atoms with Crippen LogP contribution in [0.1, 0.15) is 154 Å². The Labute approximate surface area is 290 Å². The number of carbonyl (C=O) groups is 1. The highest BCUT2D eigenvalue weighted by molar-refractivity contribution is 5.88. The molecule has 2 saturated heterocycles. The third-order valence-electron chi connectivity index (χ3n) is 15.5. The third kappa shape index (κ3) is 6.15. The minimum absolute atomic E-state index is 0.223. The van der Waals surface area contributed by atoms with Crippen LogP contribution in [0.4, 0.5) is 0 Å². The molecule has 8 heteroatoms. The second-order valence-corrected chi connectivity index (χ2v) is 18.1. The highest BCUT2D eigenvalue weighted by atomic mass is 16.2. The summed E-state index contributed by atoms with van der Waals surface area (Å²) in [6, 6.07) is 1.42. The fourth-order valence-corrected chi connectivity index (χ4v) is 13.1. The highest BCUT2D eigenvalue weighted by Crippen LogP contribution is 2.58. The average molecular weight is 660 g/mol. The lowest BCUT2D eigenvalue weighted by molar-refractivity contribution is -0.154. The molecule has 0 bridgehead atoms. The van der Waals surface area contributed by atoms with Gasteiger partial charge in [0.25, 0.3) is 0 Å². The summed E-state index contributed by atoms with van der Waals surface area (Å²) in [5.41, 5.74) is 8.35. The molecule has 48 heavy (non-hydrogen) atoms. The van der Waals surface area contributed by atoms with Crippen molar-refractivity contribution in [2.45, 2.75) is 185 Å². The average Bonchev–Trinajstić information content (AvgIpc) is 3.49. The molecule has 9 rings (SSSR count). The van der Waals surface area contributed by atoms with Crippen LogP contribution in [0.15, 0.2) is 10.1 Å². The number of rotatable bonds is 6. The number of hydrogen-bond acceptors (Lipinski definition) is 7. The van der Waals surface area contributed by atoms with Crippen molar-refractivity contribution in [1.82, 2.24) is 26.5 Å². The van der Waals surface area contributed by atoms with Crippen LogP contribution in [0, 0.1) is 47.3 Å². The monoisotopic (exact) mass is 660 g/mol. The van der Waals surface area contributed by atoms with Crippen LogP contribution in [0.5, 0.6) is 0 Å². The predicted octanol–water partition coefficient (Wildman–Crippen LogP) is 7.02. The summed E-state index contributed by atoms with van der Waals surface area (Å²) in [6.07, 6.45) is 31.4. The molecule has 0 aromatic rings. The van der Waals surface area contributed by atoms with E-state index in [1.54, 1.807) is 0 Å². The summed E-state index contributed by atoms with van der Waals surface area (Å²) in [5, 5.41) is 13.3. The fraction of sp³-hybridized carbons (Fsp3) is 0.925. The van der Waals surface area contributed by atoms with Gasteiger partial charge in [0, 0.05) is 35.7 Å². The first-order valence-corrected chi connectivity index (χ1v) is 21.2. The van der Waals surface area contributed by atoms with Crippen LogP contribution in [-0.4, -0.2) is 52.8 Å². The first-order valence-electron chi connectivity index (χ1n) is 21.2. The van der Waals surface area contributed by atoms with Gasteiger partial charge in [-0.1, -0.05) is 70.6 Å². The Bertz CT molecular complexity index is 1200. The molecule has 8 fully saturated rings. The maximum Gasteiger partial charge on any atom is 0.226 e. The Morgan fingerprint density at radius 1 is 0.688 bits per heavy atom. The molecule has 0 spiro atoms. The largest absolute Gasteiger partial charge is 0.358 e. The van der Waals surface area contributed by atoms with Crippen molar-refractivity contribution in [3.63, 3.8) is 0 Å². The maximum absolute atomic E-state index is 14.4. The van der Waals surface area contributed by atoms with Gasteiger partial charge in [0.15, 0.2) is 0 Å². The normalized spacial score (nSPS) is 43.6. The lowest BCUT2D eigenvalue weighted by Gasteiger charge is -2.52. The fourth-order valence-electron chi connectivity index (χ4n) is 13.1. The van der Waals surface area contributed by atoms with Gasteiger partial charge in [0.1, 0.15) is 12.0 Å². The van der Waals surface area contributed by atoms with Crippen LogP contribution in [-0.2, 0) is 4.79 Å². The van der Waals surface area contributed by atoms with E-state index in [2.05, 4.69) is 26.5 Å². The van der Waals surface area contributed by atoms with E-state index in [0.717, 1.165) is 25.2 Å². The van der Waals surface area contributed by atoms with Crippen LogP contribution < -0.4 is 21.6 Å². The zero-order chi connectivity index (χ0) is 32.0. The van der Waals surface area contributed by atoms with Crippen LogP contribution in [0.3, 0.4) is 0 Å². The highest BCUT2D eigenvalue weighted by Gasteiger charge is 2.62. The van der Waals surface area contributed by atoms with Gasteiger partial charge in [-0.25, -0.2) is 11.0 Å². The quantitative estimate of drug-likeness (QED) is 0.230. The lowest BCUT2D eigenvalue weighted by atomic mass is 9.59. The Balaban J connectivity index is 0.973. The number of amidine groups is 1. The number of hydrazine groups is 1. The van der Waals surface area contributed by atoms with Crippen LogP contribution in [0.2, 0.25) is 0 Å². The number of amides is 1. The first-order chi connectivity index (χ1) is 23.7. The molecule has 3 heterocycles. The SMILES string of the molecule is O=C1C2CCCCC2C2C/C(=N/NNC3CCCCC3)CC3C4CC(C5N=C(C6CCCCC6)NC(C6CCCCC6)N5)CCC4N1C23. The summed E-state index contributed by atoms with van der Waals surface area (Å²) >= 11 is 0. The molecule has 10 unspecified atom stereocenters. The molecule has 6 aliphatic carbocycles. The number of carbonyl (C=O) groups excluding carboxylic acids is 1. The number of piperidine rings is 1. The second kappa shape index (κ2) is 14.2. The van der Waals surface area contributed by atoms with Crippen molar-refractivity contribution in [2.24, 2.45) is 57.4 Å². The van der Waals surface area contributed by atoms with Gasteiger partial charge in [0.2, 0.25) is 5.91 Å². The molecular weight excluding hydrogens is 594 g/mol. The molecule has 3 aliphatic heterocycles. The van der Waals surface area contributed by atoms with Crippen molar-refractivity contribution < 1.29 is 4.79 Å². The van der Waals surface area contributed by atoms with Gasteiger partial charge >= 0.3 is 0 Å². The Kier molecular flexibility index (Phi) is 9.51. The molecule has 8 nitrogen and oxygen atoms in total. The van der Waals surface area contributed by atoms with E-state index in [1.165, 1.54) is 146 Å². The van der Waals surface area contributed by atoms with E-state index < -0.39 is 0 Å². The number of aliphatic imine (C=N–C) groups is 1. The van der Waals surface area contributed by atoms with Crippen molar-refractivity contribution >= 4 is 17.5 Å². The second-order valence-electron chi connectivity index (χ2n) is 18.1. The molecule has 4 N–H and O–H groups in total. The van der Waals surface area contributed by atoms with E-state index in [9.17, 15) is 4.79 Å². The van der Waals surface area contributed by atoms with Gasteiger partial charge in [0.05, 0.1) is 6.17 Å². The smallest absolute Gasteiger partial charge is 0.226 e. The Morgan fingerprint density at radius 3 is 2.17 bits per heavy atom. The van der Waals surface area contributed by atoms with E-state index in [0.29, 0.717) is 65.7 Å². The number of hydrazone groups is 1. The number of nitrogens with zero attached hydrogens (tertiary/aromatic N) is 3. The standard InChI is InChI=1S/C40H65N7O/c48-40-31-19-11-10-18-30(31)33-23-29(45-46-44-28-16-8-3-9-17-28)24-34-32-22-27(20-21-35(32)47(40)36(33)34)39-42-37(25-12-4-1-5-13-25)41-38(43-39)26-14-6-2-7-15-26/h25-28,30-37,39,42,44,46H,1-24H2,(H,41,43)/b45-29-.